The van der Waals surface area contributed by atoms with Crippen molar-refractivity contribution in [2.75, 3.05) is 5.75 Å². The lowest BCUT2D eigenvalue weighted by Crippen LogP contribution is -2.21. The van der Waals surface area contributed by atoms with Crippen molar-refractivity contribution in [3.63, 3.8) is 0 Å². The Morgan fingerprint density at radius 1 is 1.14 bits per heavy atom. The molecule has 1 aliphatic heterocycles. The molecule has 1 aliphatic rings. The van der Waals surface area contributed by atoms with E-state index in [0.29, 0.717) is 6.54 Å². The second-order valence-electron chi connectivity index (χ2n) is 4.77. The second-order valence-corrected chi connectivity index (χ2v) is 5.83. The average molecular weight is 307 g/mol. The molecule has 0 aliphatic carbocycles. The van der Waals surface area contributed by atoms with Gasteiger partial charge in [0.2, 0.25) is 0 Å². The van der Waals surface area contributed by atoms with E-state index in [-0.39, 0.29) is 11.8 Å². The highest BCUT2D eigenvalue weighted by atomic mass is 32.2. The first kappa shape index (κ1) is 14.4. The maximum Gasteiger partial charge on any atom is 0.387 e. The summed E-state index contributed by atoms with van der Waals surface area (Å²) in [6.45, 7) is -2.29. The predicted octanol–water partition coefficient (Wildman–Crippen LogP) is 4.22. The first-order chi connectivity index (χ1) is 10.2. The van der Waals surface area contributed by atoms with Crippen LogP contribution in [0.2, 0.25) is 0 Å². The summed E-state index contributed by atoms with van der Waals surface area (Å²) in [7, 11) is 0. The van der Waals surface area contributed by atoms with E-state index in [2.05, 4.69) is 22.2 Å². The summed E-state index contributed by atoms with van der Waals surface area (Å²) in [5, 5.41) is 3.42. The van der Waals surface area contributed by atoms with Crippen molar-refractivity contribution in [3.8, 4) is 5.75 Å². The van der Waals surface area contributed by atoms with Crippen LogP contribution < -0.4 is 10.1 Å². The molecule has 0 bridgehead atoms. The predicted molar refractivity (Wildman–Crippen MR) is 79.8 cm³/mol. The number of thioether (sulfide) groups is 1. The minimum Gasteiger partial charge on any atom is -0.434 e. The Labute approximate surface area is 126 Å². The van der Waals surface area contributed by atoms with E-state index >= 15 is 0 Å². The molecule has 0 aromatic heterocycles. The lowest BCUT2D eigenvalue weighted by atomic mass is 10.1. The van der Waals surface area contributed by atoms with E-state index in [9.17, 15) is 8.78 Å². The third kappa shape index (κ3) is 3.36. The molecule has 0 saturated carbocycles. The van der Waals surface area contributed by atoms with Gasteiger partial charge in [-0.15, -0.1) is 11.8 Å². The monoisotopic (exact) mass is 307 g/mol. The van der Waals surface area contributed by atoms with Crippen molar-refractivity contribution in [3.05, 3.63) is 59.7 Å². The Balaban J connectivity index is 1.69. The van der Waals surface area contributed by atoms with Gasteiger partial charge in [0.25, 0.3) is 0 Å². The van der Waals surface area contributed by atoms with Gasteiger partial charge in [0.1, 0.15) is 5.75 Å². The van der Waals surface area contributed by atoms with E-state index < -0.39 is 6.61 Å². The first-order valence-electron chi connectivity index (χ1n) is 6.72. The zero-order valence-corrected chi connectivity index (χ0v) is 12.1. The van der Waals surface area contributed by atoms with Crippen molar-refractivity contribution in [2.24, 2.45) is 0 Å². The molecule has 0 radical (unpaired) electrons. The van der Waals surface area contributed by atoms with Gasteiger partial charge in [-0.05, 0) is 17.7 Å². The molecule has 2 aromatic carbocycles. The van der Waals surface area contributed by atoms with Crippen LogP contribution >= 0.6 is 11.8 Å². The van der Waals surface area contributed by atoms with Crippen LogP contribution in [0, 0.1) is 0 Å². The second kappa shape index (κ2) is 6.45. The highest BCUT2D eigenvalue weighted by molar-refractivity contribution is 7.99. The summed E-state index contributed by atoms with van der Waals surface area (Å²) >= 11 is 1.81. The molecule has 0 fully saturated rings. The summed E-state index contributed by atoms with van der Waals surface area (Å²) in [6, 6.07) is 15.4. The van der Waals surface area contributed by atoms with Crippen molar-refractivity contribution in [1.82, 2.24) is 5.32 Å². The first-order valence-corrected chi connectivity index (χ1v) is 7.70. The van der Waals surface area contributed by atoms with E-state index in [1.54, 1.807) is 18.2 Å². The number of halogens is 2. The van der Waals surface area contributed by atoms with Crippen molar-refractivity contribution < 1.29 is 13.5 Å². The molecule has 21 heavy (non-hydrogen) atoms. The van der Waals surface area contributed by atoms with Crippen LogP contribution in [0.4, 0.5) is 8.78 Å². The van der Waals surface area contributed by atoms with Crippen LogP contribution in [0.15, 0.2) is 53.4 Å². The quantitative estimate of drug-likeness (QED) is 0.893. The van der Waals surface area contributed by atoms with Gasteiger partial charge in [-0.1, -0.05) is 36.4 Å². The highest BCUT2D eigenvalue weighted by Gasteiger charge is 2.22. The van der Waals surface area contributed by atoms with Gasteiger partial charge in [-0.3, -0.25) is 0 Å². The van der Waals surface area contributed by atoms with Crippen LogP contribution in [0.5, 0.6) is 5.75 Å². The molecule has 110 valence electrons. The molecule has 1 atom stereocenters. The number of hydrogen-bond donors (Lipinski definition) is 1. The summed E-state index contributed by atoms with van der Waals surface area (Å²) in [5.41, 5.74) is 2.02. The van der Waals surface area contributed by atoms with Crippen LogP contribution in [-0.4, -0.2) is 12.4 Å². The van der Waals surface area contributed by atoms with Crippen molar-refractivity contribution in [2.45, 2.75) is 24.1 Å². The summed E-state index contributed by atoms with van der Waals surface area (Å²) in [4.78, 5) is 1.28. The maximum absolute atomic E-state index is 12.4. The normalized spacial score (nSPS) is 17.0. The van der Waals surface area contributed by atoms with Crippen LogP contribution in [-0.2, 0) is 6.54 Å². The molecule has 0 amide bonds. The SMILES string of the molecule is FC(F)Oc1ccccc1CNC1CSc2ccccc21. The van der Waals surface area contributed by atoms with E-state index in [0.717, 1.165) is 11.3 Å². The molecule has 1 unspecified atom stereocenters. The topological polar surface area (TPSA) is 21.3 Å². The molecule has 0 spiro atoms. The van der Waals surface area contributed by atoms with Gasteiger partial charge in [-0.2, -0.15) is 8.78 Å². The van der Waals surface area contributed by atoms with E-state index in [1.807, 2.05) is 30.0 Å². The van der Waals surface area contributed by atoms with Crippen molar-refractivity contribution >= 4 is 11.8 Å². The fraction of sp³-hybridized carbons (Fsp3) is 0.250. The molecule has 1 heterocycles. The Bertz CT molecular complexity index is 621. The zero-order valence-electron chi connectivity index (χ0n) is 11.3. The van der Waals surface area contributed by atoms with Gasteiger partial charge in [0.05, 0.1) is 0 Å². The van der Waals surface area contributed by atoms with Gasteiger partial charge in [-0.25, -0.2) is 0 Å². The molecular formula is C16H15F2NOS. The molecule has 0 saturated heterocycles. The number of hydrogen-bond acceptors (Lipinski definition) is 3. The summed E-state index contributed by atoms with van der Waals surface area (Å²) < 4.78 is 29.3. The van der Waals surface area contributed by atoms with E-state index in [1.165, 1.54) is 10.5 Å². The summed E-state index contributed by atoms with van der Waals surface area (Å²) in [6.07, 6.45) is 0. The minimum absolute atomic E-state index is 0.235. The zero-order chi connectivity index (χ0) is 14.7. The fourth-order valence-electron chi connectivity index (χ4n) is 2.43. The van der Waals surface area contributed by atoms with Gasteiger partial charge >= 0.3 is 6.61 Å². The van der Waals surface area contributed by atoms with Crippen LogP contribution in [0.25, 0.3) is 0 Å². The van der Waals surface area contributed by atoms with Crippen LogP contribution in [0.3, 0.4) is 0 Å². The maximum atomic E-state index is 12.4. The third-order valence-electron chi connectivity index (χ3n) is 3.43. The molecular weight excluding hydrogens is 292 g/mol. The molecule has 1 N–H and O–H groups in total. The smallest absolute Gasteiger partial charge is 0.387 e. The Hall–Kier alpha value is -1.59. The number of alkyl halides is 2. The van der Waals surface area contributed by atoms with Gasteiger partial charge < -0.3 is 10.1 Å². The Morgan fingerprint density at radius 2 is 1.90 bits per heavy atom. The standard InChI is InChI=1S/C16H15F2NOS/c17-16(18)20-14-7-3-1-5-11(14)9-19-13-10-21-15-8-4-2-6-12(13)15/h1-8,13,16,19H,9-10H2. The fourth-order valence-corrected chi connectivity index (χ4v) is 3.62. The number of para-hydroxylation sites is 1. The molecule has 2 aromatic rings. The molecule has 5 heteroatoms. The lowest BCUT2D eigenvalue weighted by molar-refractivity contribution is -0.0505. The number of benzene rings is 2. The largest absolute Gasteiger partial charge is 0.434 e. The van der Waals surface area contributed by atoms with E-state index in [4.69, 9.17) is 0 Å². The number of rotatable bonds is 5. The average Bonchev–Trinajstić information content (AvgIpc) is 2.89. The van der Waals surface area contributed by atoms with Gasteiger partial charge in [0, 0.05) is 28.8 Å². The highest BCUT2D eigenvalue weighted by Crippen LogP contribution is 2.38. The summed E-state index contributed by atoms with van der Waals surface area (Å²) in [5.74, 6) is 1.19. The Morgan fingerprint density at radius 3 is 2.76 bits per heavy atom. The van der Waals surface area contributed by atoms with Crippen molar-refractivity contribution in [1.29, 1.82) is 0 Å². The molecule has 2 nitrogen and oxygen atoms in total. The number of ether oxygens (including phenoxy) is 1. The molecule has 3 rings (SSSR count). The van der Waals surface area contributed by atoms with Crippen LogP contribution in [0.1, 0.15) is 17.2 Å². The Kier molecular flexibility index (Phi) is 4.41. The van der Waals surface area contributed by atoms with Gasteiger partial charge in [0.15, 0.2) is 0 Å². The minimum atomic E-state index is -2.80. The lowest BCUT2D eigenvalue weighted by Gasteiger charge is -2.15. The third-order valence-corrected chi connectivity index (χ3v) is 4.61. The number of nitrogens with one attached hydrogen (secondary N) is 1. The number of fused-ring (bicyclic) bond motifs is 1.